The van der Waals surface area contributed by atoms with Crippen LogP contribution >= 0.6 is 11.8 Å². The summed E-state index contributed by atoms with van der Waals surface area (Å²) >= 11 is 1.35. The lowest BCUT2D eigenvalue weighted by Gasteiger charge is -2.02. The standard InChI is InChI=1S/C15H12N2OS/c1-11-2-4-13(5-3-11)14(18)10-19-15-8-12(9-16)6-7-17-15/h2-8H,10H2,1H3. The third-order valence-corrected chi connectivity index (χ3v) is 3.51. The molecule has 0 aliphatic rings. The van der Waals surface area contributed by atoms with Crippen LogP contribution in [0.15, 0.2) is 47.6 Å². The Kier molecular flexibility index (Phi) is 4.32. The van der Waals surface area contributed by atoms with Gasteiger partial charge in [-0.25, -0.2) is 4.98 Å². The van der Waals surface area contributed by atoms with E-state index in [1.807, 2.05) is 31.2 Å². The number of carbonyl (C=O) groups excluding carboxylic acids is 1. The van der Waals surface area contributed by atoms with Gasteiger partial charge >= 0.3 is 0 Å². The number of ketones is 1. The lowest BCUT2D eigenvalue weighted by Crippen LogP contribution is -2.02. The molecule has 0 unspecified atom stereocenters. The Morgan fingerprint density at radius 3 is 2.74 bits per heavy atom. The molecular weight excluding hydrogens is 256 g/mol. The van der Waals surface area contributed by atoms with Gasteiger partial charge in [0.1, 0.15) is 0 Å². The number of aromatic nitrogens is 1. The Morgan fingerprint density at radius 2 is 2.05 bits per heavy atom. The Labute approximate surface area is 116 Å². The minimum atomic E-state index is 0.0640. The van der Waals surface area contributed by atoms with Gasteiger partial charge < -0.3 is 0 Å². The van der Waals surface area contributed by atoms with Crippen LogP contribution in [-0.4, -0.2) is 16.5 Å². The van der Waals surface area contributed by atoms with Gasteiger partial charge in [0.2, 0.25) is 0 Å². The molecule has 0 N–H and O–H groups in total. The van der Waals surface area contributed by atoms with Crippen LogP contribution in [0.2, 0.25) is 0 Å². The van der Waals surface area contributed by atoms with Crippen LogP contribution in [0.4, 0.5) is 0 Å². The predicted octanol–water partition coefficient (Wildman–Crippen LogP) is 3.24. The molecule has 2 aromatic rings. The summed E-state index contributed by atoms with van der Waals surface area (Å²) in [5, 5.41) is 9.48. The van der Waals surface area contributed by atoms with E-state index in [-0.39, 0.29) is 5.78 Å². The van der Waals surface area contributed by atoms with Gasteiger partial charge in [0, 0.05) is 11.8 Å². The summed E-state index contributed by atoms with van der Waals surface area (Å²) in [5.74, 6) is 0.388. The van der Waals surface area contributed by atoms with Crippen LogP contribution < -0.4 is 0 Å². The highest BCUT2D eigenvalue weighted by Crippen LogP contribution is 2.18. The molecule has 0 fully saturated rings. The van der Waals surface area contributed by atoms with Crippen molar-refractivity contribution >= 4 is 17.5 Å². The zero-order chi connectivity index (χ0) is 13.7. The fourth-order valence-electron chi connectivity index (χ4n) is 1.52. The predicted molar refractivity (Wildman–Crippen MR) is 75.2 cm³/mol. The molecule has 0 radical (unpaired) electrons. The van der Waals surface area contributed by atoms with E-state index >= 15 is 0 Å². The van der Waals surface area contributed by atoms with Crippen LogP contribution in [0.3, 0.4) is 0 Å². The molecule has 0 saturated carbocycles. The van der Waals surface area contributed by atoms with Crippen molar-refractivity contribution in [3.05, 3.63) is 59.3 Å². The van der Waals surface area contributed by atoms with E-state index in [0.29, 0.717) is 21.9 Å². The van der Waals surface area contributed by atoms with Crippen LogP contribution in [0.5, 0.6) is 0 Å². The van der Waals surface area contributed by atoms with Crippen LogP contribution in [0.1, 0.15) is 21.5 Å². The fourth-order valence-corrected chi connectivity index (χ4v) is 2.31. The molecule has 0 amide bonds. The van der Waals surface area contributed by atoms with E-state index < -0.39 is 0 Å². The van der Waals surface area contributed by atoms with E-state index in [2.05, 4.69) is 11.1 Å². The highest BCUT2D eigenvalue weighted by molar-refractivity contribution is 7.99. The Bertz CT molecular complexity index is 629. The largest absolute Gasteiger partial charge is 0.293 e. The Hall–Kier alpha value is -2.12. The normalized spacial score (nSPS) is 9.89. The number of nitrogens with zero attached hydrogens (tertiary/aromatic N) is 2. The van der Waals surface area contributed by atoms with Gasteiger partial charge in [-0.05, 0) is 19.1 Å². The number of thioether (sulfide) groups is 1. The number of hydrogen-bond donors (Lipinski definition) is 0. The summed E-state index contributed by atoms with van der Waals surface area (Å²) < 4.78 is 0. The summed E-state index contributed by atoms with van der Waals surface area (Å²) in [5.41, 5.74) is 2.39. The first-order chi connectivity index (χ1) is 9.19. The van der Waals surface area contributed by atoms with Crippen molar-refractivity contribution in [2.75, 3.05) is 5.75 Å². The van der Waals surface area contributed by atoms with Crippen molar-refractivity contribution in [3.63, 3.8) is 0 Å². The molecule has 1 heterocycles. The first-order valence-electron chi connectivity index (χ1n) is 5.78. The average Bonchev–Trinajstić information content (AvgIpc) is 2.46. The molecule has 1 aromatic heterocycles. The number of rotatable bonds is 4. The summed E-state index contributed by atoms with van der Waals surface area (Å²) in [6.07, 6.45) is 1.58. The lowest BCUT2D eigenvalue weighted by atomic mass is 10.1. The highest BCUT2D eigenvalue weighted by Gasteiger charge is 2.07. The maximum atomic E-state index is 12.0. The summed E-state index contributed by atoms with van der Waals surface area (Å²) in [6, 6.07) is 12.9. The third kappa shape index (κ3) is 3.67. The van der Waals surface area contributed by atoms with Gasteiger partial charge in [-0.3, -0.25) is 4.79 Å². The van der Waals surface area contributed by atoms with Gasteiger partial charge in [0.05, 0.1) is 22.4 Å². The van der Waals surface area contributed by atoms with E-state index in [0.717, 1.165) is 5.56 Å². The van der Waals surface area contributed by atoms with Crippen molar-refractivity contribution in [1.82, 2.24) is 4.98 Å². The second-order valence-corrected chi connectivity index (χ2v) is 5.07. The molecule has 2 rings (SSSR count). The molecule has 1 aromatic carbocycles. The Balaban J connectivity index is 2.00. The van der Waals surface area contributed by atoms with Crippen molar-refractivity contribution < 1.29 is 4.79 Å². The molecule has 0 bridgehead atoms. The molecule has 94 valence electrons. The van der Waals surface area contributed by atoms with Crippen molar-refractivity contribution in [1.29, 1.82) is 5.26 Å². The zero-order valence-electron chi connectivity index (χ0n) is 10.5. The van der Waals surface area contributed by atoms with Crippen LogP contribution in [-0.2, 0) is 0 Å². The van der Waals surface area contributed by atoms with Crippen LogP contribution in [0.25, 0.3) is 0 Å². The SMILES string of the molecule is Cc1ccc(C(=O)CSc2cc(C#N)ccn2)cc1. The molecule has 0 atom stereocenters. The van der Waals surface area contributed by atoms with Gasteiger partial charge in [-0.15, -0.1) is 0 Å². The summed E-state index contributed by atoms with van der Waals surface area (Å²) in [6.45, 7) is 1.99. The van der Waals surface area contributed by atoms with Crippen LogP contribution in [0, 0.1) is 18.3 Å². The molecule has 3 nitrogen and oxygen atoms in total. The van der Waals surface area contributed by atoms with Crippen molar-refractivity contribution in [2.45, 2.75) is 11.9 Å². The quantitative estimate of drug-likeness (QED) is 0.631. The highest BCUT2D eigenvalue weighted by atomic mass is 32.2. The summed E-state index contributed by atoms with van der Waals surface area (Å²) in [7, 11) is 0. The summed E-state index contributed by atoms with van der Waals surface area (Å²) in [4.78, 5) is 16.1. The smallest absolute Gasteiger partial charge is 0.173 e. The van der Waals surface area contributed by atoms with Gasteiger partial charge in [0.15, 0.2) is 5.78 Å². The topological polar surface area (TPSA) is 53.8 Å². The van der Waals surface area contributed by atoms with E-state index in [4.69, 9.17) is 5.26 Å². The lowest BCUT2D eigenvalue weighted by molar-refractivity contribution is 0.102. The molecule has 0 spiro atoms. The number of carbonyl (C=O) groups is 1. The number of nitriles is 1. The van der Waals surface area contributed by atoms with Crippen molar-refractivity contribution in [2.24, 2.45) is 0 Å². The fraction of sp³-hybridized carbons (Fsp3) is 0.133. The number of benzene rings is 1. The first-order valence-corrected chi connectivity index (χ1v) is 6.76. The monoisotopic (exact) mass is 268 g/mol. The minimum Gasteiger partial charge on any atom is -0.293 e. The zero-order valence-corrected chi connectivity index (χ0v) is 11.3. The molecular formula is C15H12N2OS. The number of hydrogen-bond acceptors (Lipinski definition) is 4. The van der Waals surface area contributed by atoms with Crippen molar-refractivity contribution in [3.8, 4) is 6.07 Å². The second kappa shape index (κ2) is 6.17. The number of Topliss-reactive ketones (excluding diaryl/α,β-unsaturated/α-hetero) is 1. The Morgan fingerprint density at radius 1 is 1.32 bits per heavy atom. The number of aryl methyl sites for hydroxylation is 1. The van der Waals surface area contributed by atoms with Gasteiger partial charge in [0.25, 0.3) is 0 Å². The number of pyridine rings is 1. The molecule has 0 aliphatic carbocycles. The molecule has 0 saturated heterocycles. The maximum Gasteiger partial charge on any atom is 0.173 e. The minimum absolute atomic E-state index is 0.0640. The average molecular weight is 268 g/mol. The molecule has 19 heavy (non-hydrogen) atoms. The van der Waals surface area contributed by atoms with E-state index in [9.17, 15) is 4.79 Å². The van der Waals surface area contributed by atoms with E-state index in [1.165, 1.54) is 11.8 Å². The molecule has 0 aliphatic heterocycles. The second-order valence-electron chi connectivity index (χ2n) is 4.07. The van der Waals surface area contributed by atoms with Gasteiger partial charge in [-0.1, -0.05) is 41.6 Å². The molecule has 4 heteroatoms. The maximum absolute atomic E-state index is 12.0. The first kappa shape index (κ1) is 13.3. The van der Waals surface area contributed by atoms with Gasteiger partial charge in [-0.2, -0.15) is 5.26 Å². The van der Waals surface area contributed by atoms with E-state index in [1.54, 1.807) is 18.3 Å². The third-order valence-electron chi connectivity index (χ3n) is 2.59.